The Balaban J connectivity index is 1.46. The van der Waals surface area contributed by atoms with Gasteiger partial charge >= 0.3 is 0 Å². The van der Waals surface area contributed by atoms with E-state index >= 15 is 0 Å². The number of rotatable bonds is 12. The van der Waals surface area contributed by atoms with Gasteiger partial charge in [-0.05, 0) is 12.1 Å². The summed E-state index contributed by atoms with van der Waals surface area (Å²) in [6.45, 7) is 4.71. The van der Waals surface area contributed by atoms with E-state index in [4.69, 9.17) is 24.9 Å². The molecule has 0 spiro atoms. The van der Waals surface area contributed by atoms with E-state index in [9.17, 15) is 0 Å². The van der Waals surface area contributed by atoms with Crippen molar-refractivity contribution in [2.75, 3.05) is 58.0 Å². The molecule has 0 aliphatic rings. The lowest BCUT2D eigenvalue weighted by Gasteiger charge is -2.13. The zero-order valence-corrected chi connectivity index (χ0v) is 15.5. The summed E-state index contributed by atoms with van der Waals surface area (Å²) < 4.78 is 16.3. The Morgan fingerprint density at radius 2 is 1.22 bits per heavy atom. The highest BCUT2D eigenvalue weighted by atomic mass is 16.5. The molecule has 27 heavy (non-hydrogen) atoms. The Kier molecular flexibility index (Phi) is 7.80. The van der Waals surface area contributed by atoms with Crippen molar-refractivity contribution in [3.05, 3.63) is 48.5 Å². The average Bonchev–Trinajstić information content (AvgIpc) is 2.71. The molecule has 0 amide bonds. The number of ether oxygens (including phenoxy) is 3. The molecule has 6 nitrogen and oxygen atoms in total. The van der Waals surface area contributed by atoms with Crippen LogP contribution in [0, 0.1) is 0 Å². The first kappa shape index (κ1) is 19.5. The maximum Gasteiger partial charge on any atom is 0.0730 e. The summed E-state index contributed by atoms with van der Waals surface area (Å²) in [5.41, 5.74) is 8.43. The van der Waals surface area contributed by atoms with Crippen LogP contribution in [0.2, 0.25) is 0 Å². The minimum atomic E-state index is 0.540. The first-order chi connectivity index (χ1) is 13.4. The van der Waals surface area contributed by atoms with E-state index in [0.29, 0.717) is 46.2 Å². The van der Waals surface area contributed by atoms with Crippen LogP contribution in [0.4, 0.5) is 5.69 Å². The Morgan fingerprint density at radius 1 is 0.704 bits per heavy atom. The zero-order chi connectivity index (χ0) is 18.7. The molecule has 0 unspecified atom stereocenters. The highest BCUT2D eigenvalue weighted by molar-refractivity contribution is 6.07. The average molecular weight is 369 g/mol. The quantitative estimate of drug-likeness (QED) is 0.378. The van der Waals surface area contributed by atoms with Crippen molar-refractivity contribution in [3.63, 3.8) is 0 Å². The molecule has 0 fully saturated rings. The smallest absolute Gasteiger partial charge is 0.0730 e. The van der Waals surface area contributed by atoms with Crippen LogP contribution in [0.5, 0.6) is 0 Å². The number of para-hydroxylation sites is 2. The van der Waals surface area contributed by atoms with E-state index in [0.717, 1.165) is 34.0 Å². The van der Waals surface area contributed by atoms with Crippen LogP contribution in [0.25, 0.3) is 21.8 Å². The number of nitrogens with one attached hydrogen (secondary N) is 1. The van der Waals surface area contributed by atoms with Crippen LogP contribution < -0.4 is 11.1 Å². The van der Waals surface area contributed by atoms with Gasteiger partial charge in [-0.15, -0.1) is 0 Å². The number of pyridine rings is 1. The fraction of sp³-hybridized carbons (Fsp3) is 0.381. The van der Waals surface area contributed by atoms with Crippen LogP contribution >= 0.6 is 0 Å². The molecule has 0 aliphatic carbocycles. The topological polar surface area (TPSA) is 78.6 Å². The maximum absolute atomic E-state index is 5.64. The Bertz CT molecular complexity index is 787. The molecule has 0 aliphatic heterocycles. The molecule has 3 N–H and O–H groups in total. The first-order valence-corrected chi connectivity index (χ1v) is 9.35. The zero-order valence-electron chi connectivity index (χ0n) is 15.5. The van der Waals surface area contributed by atoms with Crippen molar-refractivity contribution in [2.45, 2.75) is 0 Å². The largest absolute Gasteiger partial charge is 0.382 e. The fourth-order valence-corrected chi connectivity index (χ4v) is 2.90. The van der Waals surface area contributed by atoms with Gasteiger partial charge in [0.15, 0.2) is 0 Å². The second-order valence-corrected chi connectivity index (χ2v) is 6.07. The van der Waals surface area contributed by atoms with Gasteiger partial charge in [0.05, 0.1) is 56.4 Å². The molecule has 0 saturated heterocycles. The summed E-state index contributed by atoms with van der Waals surface area (Å²) in [7, 11) is 0. The van der Waals surface area contributed by atoms with Crippen molar-refractivity contribution in [1.29, 1.82) is 0 Å². The number of hydrogen-bond acceptors (Lipinski definition) is 6. The van der Waals surface area contributed by atoms with Gasteiger partial charge in [0.2, 0.25) is 0 Å². The summed E-state index contributed by atoms with van der Waals surface area (Å²) >= 11 is 0. The molecular formula is C21H27N3O3. The van der Waals surface area contributed by atoms with Crippen LogP contribution in [-0.2, 0) is 14.2 Å². The Morgan fingerprint density at radius 3 is 1.81 bits per heavy atom. The third-order valence-electron chi connectivity index (χ3n) is 4.14. The van der Waals surface area contributed by atoms with E-state index in [-0.39, 0.29) is 0 Å². The van der Waals surface area contributed by atoms with Gasteiger partial charge in [0.1, 0.15) is 0 Å². The predicted molar refractivity (Wildman–Crippen MR) is 109 cm³/mol. The first-order valence-electron chi connectivity index (χ1n) is 9.35. The second-order valence-electron chi connectivity index (χ2n) is 6.07. The maximum atomic E-state index is 5.64. The number of anilines is 1. The summed E-state index contributed by atoms with van der Waals surface area (Å²) in [4.78, 5) is 4.74. The monoisotopic (exact) mass is 369 g/mol. The molecule has 3 rings (SSSR count). The summed E-state index contributed by atoms with van der Waals surface area (Å²) in [6, 6.07) is 16.4. The van der Waals surface area contributed by atoms with Gasteiger partial charge in [0.25, 0.3) is 0 Å². The van der Waals surface area contributed by atoms with Crippen LogP contribution in [0.15, 0.2) is 48.5 Å². The van der Waals surface area contributed by atoms with Crippen molar-refractivity contribution in [1.82, 2.24) is 4.98 Å². The Labute approximate surface area is 159 Å². The van der Waals surface area contributed by atoms with E-state index in [1.54, 1.807) is 0 Å². The van der Waals surface area contributed by atoms with Gasteiger partial charge < -0.3 is 25.3 Å². The summed E-state index contributed by atoms with van der Waals surface area (Å²) in [6.07, 6.45) is 0. The number of nitrogens with two attached hydrogens (primary N) is 1. The van der Waals surface area contributed by atoms with E-state index in [1.165, 1.54) is 0 Å². The predicted octanol–water partition coefficient (Wildman–Crippen LogP) is 2.81. The van der Waals surface area contributed by atoms with Crippen LogP contribution in [0.3, 0.4) is 0 Å². The van der Waals surface area contributed by atoms with Crippen molar-refractivity contribution >= 4 is 27.5 Å². The molecule has 2 aromatic carbocycles. The molecular weight excluding hydrogens is 342 g/mol. The van der Waals surface area contributed by atoms with Gasteiger partial charge in [0, 0.05) is 23.9 Å². The summed E-state index contributed by atoms with van der Waals surface area (Å²) in [5, 5.41) is 5.76. The highest BCUT2D eigenvalue weighted by Crippen LogP contribution is 2.30. The van der Waals surface area contributed by atoms with E-state index in [2.05, 4.69) is 17.4 Å². The molecule has 1 aromatic heterocycles. The molecule has 0 bridgehead atoms. The third-order valence-corrected chi connectivity index (χ3v) is 4.14. The summed E-state index contributed by atoms with van der Waals surface area (Å²) in [5.74, 6) is 0. The Hall–Kier alpha value is -2.25. The SMILES string of the molecule is NCCOCCOCCOCCNc1c2ccccc2nc2ccccc12. The molecule has 1 heterocycles. The molecule has 0 saturated carbocycles. The van der Waals surface area contributed by atoms with E-state index in [1.807, 2.05) is 36.4 Å². The van der Waals surface area contributed by atoms with Crippen molar-refractivity contribution < 1.29 is 14.2 Å². The standard InChI is InChI=1S/C21H27N3O3/c22-9-11-25-13-15-27-16-14-26-12-10-23-21-17-5-1-3-7-19(17)24-20-8-4-2-6-18(20)21/h1-8H,9-16,22H2,(H,23,24). The lowest BCUT2D eigenvalue weighted by molar-refractivity contribution is 0.0179. The van der Waals surface area contributed by atoms with Crippen molar-refractivity contribution in [3.8, 4) is 0 Å². The number of fused-ring (bicyclic) bond motifs is 2. The number of hydrogen-bond donors (Lipinski definition) is 2. The molecule has 0 atom stereocenters. The minimum Gasteiger partial charge on any atom is -0.382 e. The van der Waals surface area contributed by atoms with Crippen LogP contribution in [-0.4, -0.2) is 57.7 Å². The van der Waals surface area contributed by atoms with E-state index < -0.39 is 0 Å². The lowest BCUT2D eigenvalue weighted by Crippen LogP contribution is -2.15. The van der Waals surface area contributed by atoms with Gasteiger partial charge in [-0.1, -0.05) is 36.4 Å². The number of benzene rings is 2. The lowest BCUT2D eigenvalue weighted by atomic mass is 10.1. The fourth-order valence-electron chi connectivity index (χ4n) is 2.90. The minimum absolute atomic E-state index is 0.540. The van der Waals surface area contributed by atoms with Gasteiger partial charge in [-0.2, -0.15) is 0 Å². The van der Waals surface area contributed by atoms with Crippen molar-refractivity contribution in [2.24, 2.45) is 5.73 Å². The molecule has 0 radical (unpaired) electrons. The molecule has 3 aromatic rings. The highest BCUT2D eigenvalue weighted by Gasteiger charge is 2.07. The van der Waals surface area contributed by atoms with Gasteiger partial charge in [-0.25, -0.2) is 4.98 Å². The third kappa shape index (κ3) is 5.61. The number of aromatic nitrogens is 1. The number of nitrogens with zero attached hydrogens (tertiary/aromatic N) is 1. The van der Waals surface area contributed by atoms with Gasteiger partial charge in [-0.3, -0.25) is 0 Å². The molecule has 6 heteroatoms. The molecule has 144 valence electrons. The normalized spacial score (nSPS) is 11.3. The van der Waals surface area contributed by atoms with Crippen LogP contribution in [0.1, 0.15) is 0 Å². The second kappa shape index (κ2) is 10.8.